The summed E-state index contributed by atoms with van der Waals surface area (Å²) >= 11 is 0. The van der Waals surface area contributed by atoms with Gasteiger partial charge in [0.15, 0.2) is 0 Å². The Balaban J connectivity index is 1.71. The van der Waals surface area contributed by atoms with Crippen LogP contribution in [0.3, 0.4) is 0 Å². The van der Waals surface area contributed by atoms with Crippen molar-refractivity contribution < 1.29 is 5.11 Å². The number of phenolic OH excluding ortho intramolecular Hbond substituents is 1. The van der Waals surface area contributed by atoms with Crippen molar-refractivity contribution in [2.45, 2.75) is 49.1 Å². The van der Waals surface area contributed by atoms with E-state index in [4.69, 9.17) is 0 Å². The summed E-state index contributed by atoms with van der Waals surface area (Å²) in [5, 5.41) is 10.6. The van der Waals surface area contributed by atoms with E-state index in [2.05, 4.69) is 41.1 Å². The molecule has 23 heavy (non-hydrogen) atoms. The summed E-state index contributed by atoms with van der Waals surface area (Å²) in [6, 6.07) is 6.88. The van der Waals surface area contributed by atoms with Crippen LogP contribution >= 0.6 is 0 Å². The highest BCUT2D eigenvalue weighted by Crippen LogP contribution is 2.73. The summed E-state index contributed by atoms with van der Waals surface area (Å²) in [7, 11) is 2.24. The molecule has 2 atom stereocenters. The Kier molecular flexibility index (Phi) is 2.02. The molecule has 1 aromatic carbocycles. The molecule has 3 nitrogen and oxygen atoms in total. The van der Waals surface area contributed by atoms with Gasteiger partial charge in [-0.25, -0.2) is 0 Å². The average Bonchev–Trinajstić information content (AvgIpc) is 3.08. The van der Waals surface area contributed by atoms with Gasteiger partial charge in [-0.3, -0.25) is 4.90 Å². The summed E-state index contributed by atoms with van der Waals surface area (Å²) in [4.78, 5) is 5.24. The Bertz CT molecular complexity index is 746. The number of hydrogen-bond donors (Lipinski definition) is 1. The molecule has 0 amide bonds. The van der Waals surface area contributed by atoms with E-state index in [1.807, 2.05) is 6.07 Å². The number of phenols is 1. The number of fused-ring (bicyclic) bond motifs is 3. The van der Waals surface area contributed by atoms with Crippen LogP contribution in [0.2, 0.25) is 0 Å². The van der Waals surface area contributed by atoms with Gasteiger partial charge in [-0.05, 0) is 50.3 Å². The second-order valence-corrected chi connectivity index (χ2v) is 8.52. The van der Waals surface area contributed by atoms with Crippen LogP contribution < -0.4 is 4.90 Å². The fourth-order valence-electron chi connectivity index (χ4n) is 7.59. The van der Waals surface area contributed by atoms with Gasteiger partial charge in [-0.2, -0.15) is 0 Å². The van der Waals surface area contributed by atoms with Gasteiger partial charge in [0.05, 0.1) is 11.2 Å². The van der Waals surface area contributed by atoms with Crippen molar-refractivity contribution >= 4 is 5.69 Å². The smallest absolute Gasteiger partial charge is 0.139 e. The van der Waals surface area contributed by atoms with Crippen molar-refractivity contribution in [2.75, 3.05) is 25.0 Å². The van der Waals surface area contributed by atoms with Crippen molar-refractivity contribution in [3.63, 3.8) is 0 Å². The maximum absolute atomic E-state index is 10.6. The summed E-state index contributed by atoms with van der Waals surface area (Å²) < 4.78 is 0. The molecule has 3 heteroatoms. The number of aromatic hydroxyl groups is 1. The van der Waals surface area contributed by atoms with E-state index in [-0.39, 0.29) is 11.0 Å². The largest absolute Gasteiger partial charge is 0.506 e. The highest BCUT2D eigenvalue weighted by Gasteiger charge is 2.76. The number of rotatable bonds is 0. The molecule has 1 N–H and O–H groups in total. The molecule has 0 unspecified atom stereocenters. The summed E-state index contributed by atoms with van der Waals surface area (Å²) in [6.07, 6.45) is 11.4. The zero-order valence-corrected chi connectivity index (χ0v) is 13.8. The molecule has 2 bridgehead atoms. The fraction of sp³-hybridized carbons (Fsp3) is 0.600. The number of hydrogen-bond acceptors (Lipinski definition) is 3. The second-order valence-electron chi connectivity index (χ2n) is 8.52. The van der Waals surface area contributed by atoms with Gasteiger partial charge < -0.3 is 10.0 Å². The highest BCUT2D eigenvalue weighted by atomic mass is 16.3. The third-order valence-electron chi connectivity index (χ3n) is 8.27. The van der Waals surface area contributed by atoms with E-state index in [9.17, 15) is 5.11 Å². The average molecular weight is 308 g/mol. The lowest BCUT2D eigenvalue weighted by molar-refractivity contribution is -0.0572. The van der Waals surface area contributed by atoms with Gasteiger partial charge in [0, 0.05) is 30.5 Å². The number of para-hydroxylation sites is 1. The van der Waals surface area contributed by atoms with E-state index in [0.29, 0.717) is 17.2 Å². The topological polar surface area (TPSA) is 26.7 Å². The van der Waals surface area contributed by atoms with Crippen LogP contribution in [0.25, 0.3) is 0 Å². The van der Waals surface area contributed by atoms with Crippen LogP contribution in [0.15, 0.2) is 30.4 Å². The van der Waals surface area contributed by atoms with Crippen LogP contribution in [0.1, 0.15) is 37.7 Å². The quantitative estimate of drug-likeness (QED) is 0.746. The van der Waals surface area contributed by atoms with E-state index in [1.54, 1.807) is 0 Å². The summed E-state index contributed by atoms with van der Waals surface area (Å²) in [6.45, 7) is 2.32. The maximum Gasteiger partial charge on any atom is 0.139 e. The van der Waals surface area contributed by atoms with Crippen molar-refractivity contribution in [3.8, 4) is 5.75 Å². The first kappa shape index (κ1) is 12.9. The predicted molar refractivity (Wildman–Crippen MR) is 90.9 cm³/mol. The first-order valence-electron chi connectivity index (χ1n) is 9.13. The molecule has 4 fully saturated rings. The SMILES string of the molecule is CN1c2c(O)cccc2[C@@]23CCN4CC=CC5(CCC12CC5)[C@H]43. The molecular weight excluding hydrogens is 284 g/mol. The maximum atomic E-state index is 10.6. The van der Waals surface area contributed by atoms with E-state index in [1.165, 1.54) is 44.2 Å². The molecular formula is C20H24N2O. The van der Waals surface area contributed by atoms with Crippen molar-refractivity contribution in [2.24, 2.45) is 5.41 Å². The van der Waals surface area contributed by atoms with Crippen LogP contribution in [0.4, 0.5) is 5.69 Å². The highest BCUT2D eigenvalue weighted by molar-refractivity contribution is 5.75. The normalized spacial score (nSPS) is 46.0. The van der Waals surface area contributed by atoms with Crippen molar-refractivity contribution in [1.82, 2.24) is 4.90 Å². The van der Waals surface area contributed by atoms with Gasteiger partial charge in [0.2, 0.25) is 0 Å². The third-order valence-corrected chi connectivity index (χ3v) is 8.27. The first-order valence-corrected chi connectivity index (χ1v) is 9.13. The molecule has 3 aliphatic heterocycles. The molecule has 3 spiro atoms. The minimum atomic E-state index is 0.219. The predicted octanol–water partition coefficient (Wildman–Crippen LogP) is 3.04. The molecule has 6 aliphatic rings. The van der Waals surface area contributed by atoms with E-state index >= 15 is 0 Å². The molecule has 1 saturated heterocycles. The number of anilines is 1. The molecule has 120 valence electrons. The number of likely N-dealkylation sites (N-methyl/N-ethyl adjacent to an activating group) is 1. The van der Waals surface area contributed by atoms with Crippen molar-refractivity contribution in [1.29, 1.82) is 0 Å². The minimum Gasteiger partial charge on any atom is -0.506 e. The van der Waals surface area contributed by atoms with E-state index < -0.39 is 0 Å². The van der Waals surface area contributed by atoms with Gasteiger partial charge in [-0.1, -0.05) is 24.3 Å². The molecule has 3 saturated carbocycles. The Morgan fingerprint density at radius 1 is 1.13 bits per heavy atom. The molecule has 1 aromatic rings. The number of benzene rings is 1. The van der Waals surface area contributed by atoms with E-state index in [0.717, 1.165) is 12.2 Å². The van der Waals surface area contributed by atoms with Gasteiger partial charge in [0.1, 0.15) is 5.75 Å². The Hall–Kier alpha value is -1.48. The second kappa shape index (κ2) is 3.61. The minimum absolute atomic E-state index is 0.219. The standard InChI is InChI=1S/C20H24N2O/c1-21-16-14(4-2-5-15(16)23)20-11-13-22-12-3-6-18(17(20)22)7-9-19(20,21)10-8-18/h2-6,17,23H,7-13H2,1H3/t17-,18?,19?,20+/m0/s1. The van der Waals surface area contributed by atoms with Crippen LogP contribution in [0, 0.1) is 5.41 Å². The lowest BCUT2D eigenvalue weighted by Gasteiger charge is -2.67. The molecule has 0 radical (unpaired) electrons. The first-order chi connectivity index (χ1) is 11.1. The fourth-order valence-corrected chi connectivity index (χ4v) is 7.59. The van der Waals surface area contributed by atoms with Crippen LogP contribution in [-0.2, 0) is 5.41 Å². The third kappa shape index (κ3) is 1.09. The van der Waals surface area contributed by atoms with Crippen molar-refractivity contribution in [3.05, 3.63) is 35.9 Å². The number of nitrogens with zero attached hydrogens (tertiary/aromatic N) is 2. The molecule has 0 aromatic heterocycles. The Labute approximate surface area is 137 Å². The monoisotopic (exact) mass is 308 g/mol. The summed E-state index contributed by atoms with van der Waals surface area (Å²) in [5.41, 5.74) is 3.38. The molecule has 7 rings (SSSR count). The zero-order valence-electron chi connectivity index (χ0n) is 13.8. The molecule has 3 aliphatic carbocycles. The van der Waals surface area contributed by atoms with Crippen LogP contribution in [-0.4, -0.2) is 41.7 Å². The van der Waals surface area contributed by atoms with Gasteiger partial charge in [-0.15, -0.1) is 0 Å². The van der Waals surface area contributed by atoms with Gasteiger partial charge >= 0.3 is 0 Å². The lowest BCUT2D eigenvalue weighted by Crippen LogP contribution is -2.73. The van der Waals surface area contributed by atoms with Gasteiger partial charge in [0.25, 0.3) is 0 Å². The zero-order chi connectivity index (χ0) is 15.4. The summed E-state index contributed by atoms with van der Waals surface area (Å²) in [5.74, 6) is 0.477. The van der Waals surface area contributed by atoms with Crippen LogP contribution in [0.5, 0.6) is 5.75 Å². The Morgan fingerprint density at radius 3 is 2.78 bits per heavy atom. The lowest BCUT2D eigenvalue weighted by atomic mass is 9.42. The Morgan fingerprint density at radius 2 is 1.96 bits per heavy atom. The molecule has 3 heterocycles.